The molecule has 3 heterocycles. The molecule has 0 aliphatic carbocycles. The van der Waals surface area contributed by atoms with Gasteiger partial charge in [0.05, 0.1) is 21.9 Å². The lowest BCUT2D eigenvalue weighted by Gasteiger charge is -2.47. The topological polar surface area (TPSA) is 56.8 Å². The van der Waals surface area contributed by atoms with Gasteiger partial charge in [-0.25, -0.2) is 9.18 Å². The number of hydrogen-bond acceptors (Lipinski definition) is 3. The van der Waals surface area contributed by atoms with E-state index in [0.717, 1.165) is 10.9 Å². The van der Waals surface area contributed by atoms with Crippen LogP contribution < -0.4 is 4.90 Å². The number of anilines is 1. The Hall–Kier alpha value is -2.22. The number of likely N-dealkylation sites (N-methyl/N-ethyl adjacent to an activating group) is 1. The molecule has 0 unspecified atom stereocenters. The summed E-state index contributed by atoms with van der Waals surface area (Å²) in [7, 11) is 5.07. The Bertz CT molecular complexity index is 940. The molecule has 25 heavy (non-hydrogen) atoms. The van der Waals surface area contributed by atoms with Gasteiger partial charge >= 0.3 is 6.03 Å². The second-order valence-electron chi connectivity index (χ2n) is 6.78. The minimum absolute atomic E-state index is 0.0555. The first-order valence-electron chi connectivity index (χ1n) is 7.79. The van der Waals surface area contributed by atoms with E-state index in [2.05, 4.69) is 20.9 Å². The van der Waals surface area contributed by atoms with Crippen LogP contribution in [-0.4, -0.2) is 61.0 Å². The number of fused-ring (bicyclic) bond motifs is 4. The lowest BCUT2D eigenvalue weighted by molar-refractivity contribution is -0.127. The minimum atomic E-state index is -0.784. The Morgan fingerprint density at radius 1 is 1.36 bits per heavy atom. The number of carbonyl (C=O) groups excluding carboxylic acids is 2. The zero-order valence-corrected chi connectivity index (χ0v) is 15.6. The van der Waals surface area contributed by atoms with Crippen molar-refractivity contribution in [3.8, 4) is 0 Å². The van der Waals surface area contributed by atoms with Crippen LogP contribution in [0.1, 0.15) is 5.56 Å². The maximum Gasteiger partial charge on any atom is 0.319 e. The number of amides is 3. The van der Waals surface area contributed by atoms with Crippen molar-refractivity contribution in [3.63, 3.8) is 0 Å². The smallest absolute Gasteiger partial charge is 0.319 e. The molecule has 1 aromatic carbocycles. The van der Waals surface area contributed by atoms with Crippen molar-refractivity contribution in [1.82, 2.24) is 14.8 Å². The maximum absolute atomic E-state index is 13.9. The Kier molecular flexibility index (Phi) is 3.34. The second kappa shape index (κ2) is 5.14. The molecule has 4 rings (SSSR count). The summed E-state index contributed by atoms with van der Waals surface area (Å²) < 4.78 is 14.2. The molecule has 1 fully saturated rings. The second-order valence-corrected chi connectivity index (χ2v) is 7.64. The number of carbonyl (C=O) groups is 2. The van der Waals surface area contributed by atoms with Gasteiger partial charge in [-0.2, -0.15) is 0 Å². The molecule has 1 spiro atoms. The standard InChI is InChI=1S/C17H16BrFN4O2/c1-21(2)16(25)23-7-17(8-23)14-9-4-10(18)11(19)5-12(9)20-6-13(14)22(3)15(17)24/h4-6H,7-8H2,1-3H3. The number of urea groups is 1. The first-order valence-corrected chi connectivity index (χ1v) is 8.58. The molecule has 3 amide bonds. The molecule has 0 atom stereocenters. The maximum atomic E-state index is 13.9. The molecule has 0 radical (unpaired) electrons. The van der Waals surface area contributed by atoms with Gasteiger partial charge in [0.1, 0.15) is 11.2 Å². The van der Waals surface area contributed by atoms with Crippen molar-refractivity contribution in [1.29, 1.82) is 0 Å². The van der Waals surface area contributed by atoms with Gasteiger partial charge in [-0.05, 0) is 22.0 Å². The number of benzene rings is 1. The Morgan fingerprint density at radius 3 is 2.68 bits per heavy atom. The molecule has 2 aliphatic heterocycles. The molecule has 0 saturated carbocycles. The summed E-state index contributed by atoms with van der Waals surface area (Å²) in [5, 5.41) is 0.737. The third kappa shape index (κ3) is 2.03. The normalized spacial score (nSPS) is 17.9. The van der Waals surface area contributed by atoms with Crippen LogP contribution >= 0.6 is 15.9 Å². The Morgan fingerprint density at radius 2 is 2.04 bits per heavy atom. The van der Waals surface area contributed by atoms with Crippen molar-refractivity contribution in [2.75, 3.05) is 39.1 Å². The van der Waals surface area contributed by atoms with Crippen LogP contribution in [0.15, 0.2) is 22.8 Å². The van der Waals surface area contributed by atoms with E-state index < -0.39 is 11.2 Å². The molecule has 1 aromatic heterocycles. The van der Waals surface area contributed by atoms with Crippen molar-refractivity contribution in [3.05, 3.63) is 34.2 Å². The van der Waals surface area contributed by atoms with E-state index in [1.807, 2.05) is 0 Å². The number of likely N-dealkylation sites (tertiary alicyclic amines) is 1. The highest BCUT2D eigenvalue weighted by atomic mass is 79.9. The summed E-state index contributed by atoms with van der Waals surface area (Å²) in [5.74, 6) is -0.454. The van der Waals surface area contributed by atoms with E-state index in [9.17, 15) is 14.0 Å². The van der Waals surface area contributed by atoms with Crippen LogP contribution in [0, 0.1) is 5.82 Å². The fourth-order valence-electron chi connectivity index (χ4n) is 3.79. The van der Waals surface area contributed by atoms with Gasteiger partial charge in [0.2, 0.25) is 5.91 Å². The highest BCUT2D eigenvalue weighted by molar-refractivity contribution is 9.10. The van der Waals surface area contributed by atoms with Gasteiger partial charge in [0.15, 0.2) is 0 Å². The van der Waals surface area contributed by atoms with Crippen LogP contribution in [0.25, 0.3) is 10.9 Å². The fraction of sp³-hybridized carbons (Fsp3) is 0.353. The van der Waals surface area contributed by atoms with Gasteiger partial charge in [0.25, 0.3) is 0 Å². The van der Waals surface area contributed by atoms with E-state index >= 15 is 0 Å². The first kappa shape index (κ1) is 16.3. The largest absolute Gasteiger partial charge is 0.331 e. The molecule has 0 N–H and O–H groups in total. The number of hydrogen-bond donors (Lipinski definition) is 0. The van der Waals surface area contributed by atoms with E-state index in [4.69, 9.17) is 0 Å². The lowest BCUT2D eigenvalue weighted by atomic mass is 9.73. The monoisotopic (exact) mass is 406 g/mol. The third-order valence-electron chi connectivity index (χ3n) is 5.02. The highest BCUT2D eigenvalue weighted by Gasteiger charge is 2.59. The van der Waals surface area contributed by atoms with Crippen LogP contribution in [0.3, 0.4) is 0 Å². The number of pyridine rings is 1. The number of rotatable bonds is 0. The van der Waals surface area contributed by atoms with Crippen molar-refractivity contribution >= 4 is 44.5 Å². The van der Waals surface area contributed by atoms with E-state index in [-0.39, 0.29) is 11.9 Å². The predicted molar refractivity (Wildman–Crippen MR) is 95.1 cm³/mol. The number of nitrogens with zero attached hydrogens (tertiary/aromatic N) is 4. The van der Waals surface area contributed by atoms with Crippen molar-refractivity contribution in [2.24, 2.45) is 0 Å². The van der Waals surface area contributed by atoms with Gasteiger partial charge < -0.3 is 14.7 Å². The summed E-state index contributed by atoms with van der Waals surface area (Å²) in [5.41, 5.74) is 1.26. The first-order chi connectivity index (χ1) is 11.8. The Balaban J connectivity index is 1.88. The van der Waals surface area contributed by atoms with Crippen molar-refractivity contribution < 1.29 is 14.0 Å². The minimum Gasteiger partial charge on any atom is -0.331 e. The average Bonchev–Trinajstić information content (AvgIpc) is 2.75. The van der Waals surface area contributed by atoms with Gasteiger partial charge in [0, 0.05) is 51.2 Å². The molecular weight excluding hydrogens is 391 g/mol. The van der Waals surface area contributed by atoms with E-state index in [0.29, 0.717) is 28.8 Å². The van der Waals surface area contributed by atoms with Crippen LogP contribution in [-0.2, 0) is 10.2 Å². The van der Waals surface area contributed by atoms with Gasteiger partial charge in [-0.3, -0.25) is 9.78 Å². The third-order valence-corrected chi connectivity index (χ3v) is 5.63. The quantitative estimate of drug-likeness (QED) is 0.674. The summed E-state index contributed by atoms with van der Waals surface area (Å²) in [6.45, 7) is 0.628. The fourth-order valence-corrected chi connectivity index (χ4v) is 4.13. The average molecular weight is 407 g/mol. The van der Waals surface area contributed by atoms with E-state index in [1.165, 1.54) is 11.0 Å². The van der Waals surface area contributed by atoms with Crippen LogP contribution in [0.4, 0.5) is 14.9 Å². The van der Waals surface area contributed by atoms with Gasteiger partial charge in [-0.15, -0.1) is 0 Å². The Labute approximate surface area is 152 Å². The zero-order chi connectivity index (χ0) is 18.1. The van der Waals surface area contributed by atoms with Crippen LogP contribution in [0.2, 0.25) is 0 Å². The zero-order valence-electron chi connectivity index (χ0n) is 14.0. The number of halogens is 2. The summed E-state index contributed by atoms with van der Waals surface area (Å²) >= 11 is 3.21. The van der Waals surface area contributed by atoms with Crippen LogP contribution in [0.5, 0.6) is 0 Å². The van der Waals surface area contributed by atoms with Crippen molar-refractivity contribution in [2.45, 2.75) is 5.41 Å². The molecule has 1 saturated heterocycles. The summed E-state index contributed by atoms with van der Waals surface area (Å²) in [6.07, 6.45) is 1.61. The molecule has 8 heteroatoms. The molecule has 130 valence electrons. The molecule has 2 aromatic rings. The highest BCUT2D eigenvalue weighted by Crippen LogP contribution is 2.49. The van der Waals surface area contributed by atoms with Gasteiger partial charge in [-0.1, -0.05) is 0 Å². The predicted octanol–water partition coefficient (Wildman–Crippen LogP) is 2.35. The molecule has 2 aliphatic rings. The molecular formula is C17H16BrFN4O2. The SMILES string of the molecule is CN(C)C(=O)N1CC2(C1)C(=O)N(C)c1cnc3cc(F)c(Br)cc3c12. The lowest BCUT2D eigenvalue weighted by Crippen LogP contribution is -2.66. The number of aromatic nitrogens is 1. The van der Waals surface area contributed by atoms with E-state index in [1.54, 1.807) is 43.2 Å². The molecule has 0 bridgehead atoms. The molecule has 6 nitrogen and oxygen atoms in total. The summed E-state index contributed by atoms with van der Waals surface area (Å²) in [6, 6.07) is 2.90. The summed E-state index contributed by atoms with van der Waals surface area (Å²) in [4.78, 5) is 34.2.